The Kier molecular flexibility index (Phi) is 7.28. The number of rotatable bonds is 8. The van der Waals surface area contributed by atoms with Gasteiger partial charge < -0.3 is 15.3 Å². The van der Waals surface area contributed by atoms with E-state index < -0.39 is 5.97 Å². The summed E-state index contributed by atoms with van der Waals surface area (Å²) in [6.45, 7) is 7.79. The van der Waals surface area contributed by atoms with Crippen LogP contribution < -0.4 is 5.32 Å². The molecule has 0 aliphatic carbocycles. The minimum Gasteiger partial charge on any atom is -0.481 e. The molecule has 1 saturated heterocycles. The molecule has 2 N–H and O–H groups in total. The number of nitrogens with zero attached hydrogens (tertiary/aromatic N) is 1. The SMILES string of the molecule is CC(CCC(=O)O)NCCCN1CCCCC1C. The van der Waals surface area contributed by atoms with Crippen molar-refractivity contribution in [3.63, 3.8) is 0 Å². The third kappa shape index (κ3) is 6.36. The van der Waals surface area contributed by atoms with Gasteiger partial charge in [-0.1, -0.05) is 6.42 Å². The lowest BCUT2D eigenvalue weighted by molar-refractivity contribution is -0.137. The van der Waals surface area contributed by atoms with E-state index in [1.807, 2.05) is 0 Å². The molecule has 4 heteroatoms. The molecule has 1 fully saturated rings. The van der Waals surface area contributed by atoms with Gasteiger partial charge in [-0.3, -0.25) is 4.79 Å². The van der Waals surface area contributed by atoms with Gasteiger partial charge in [0, 0.05) is 18.5 Å². The van der Waals surface area contributed by atoms with Crippen LogP contribution in [0.3, 0.4) is 0 Å². The van der Waals surface area contributed by atoms with E-state index in [1.54, 1.807) is 0 Å². The summed E-state index contributed by atoms with van der Waals surface area (Å²) in [6, 6.07) is 1.04. The van der Waals surface area contributed by atoms with Crippen LogP contribution in [0.5, 0.6) is 0 Å². The maximum absolute atomic E-state index is 10.4. The van der Waals surface area contributed by atoms with Crippen molar-refractivity contribution in [1.82, 2.24) is 10.2 Å². The molecule has 0 aromatic heterocycles. The fraction of sp³-hybridized carbons (Fsp3) is 0.929. The number of hydrogen-bond acceptors (Lipinski definition) is 3. The Morgan fingerprint density at radius 1 is 1.50 bits per heavy atom. The lowest BCUT2D eigenvalue weighted by Gasteiger charge is -2.33. The van der Waals surface area contributed by atoms with Gasteiger partial charge in [0.2, 0.25) is 0 Å². The molecule has 0 aromatic rings. The smallest absolute Gasteiger partial charge is 0.303 e. The number of hydrogen-bond donors (Lipinski definition) is 2. The fourth-order valence-corrected chi connectivity index (χ4v) is 2.56. The molecule has 0 aromatic carbocycles. The van der Waals surface area contributed by atoms with Crippen molar-refractivity contribution in [2.75, 3.05) is 19.6 Å². The Bertz CT molecular complexity index is 246. The van der Waals surface area contributed by atoms with Gasteiger partial charge in [0.1, 0.15) is 0 Å². The minimum atomic E-state index is -0.703. The van der Waals surface area contributed by atoms with Crippen LogP contribution in [0, 0.1) is 0 Å². The third-order valence-corrected chi connectivity index (χ3v) is 3.85. The van der Waals surface area contributed by atoms with E-state index in [0.29, 0.717) is 6.04 Å². The van der Waals surface area contributed by atoms with Gasteiger partial charge in [0.15, 0.2) is 0 Å². The second-order valence-electron chi connectivity index (χ2n) is 5.52. The molecular formula is C14H28N2O2. The third-order valence-electron chi connectivity index (χ3n) is 3.85. The Morgan fingerprint density at radius 3 is 2.94 bits per heavy atom. The summed E-state index contributed by atoms with van der Waals surface area (Å²) in [5, 5.41) is 12.0. The summed E-state index contributed by atoms with van der Waals surface area (Å²) in [5.41, 5.74) is 0. The lowest BCUT2D eigenvalue weighted by atomic mass is 10.0. The van der Waals surface area contributed by atoms with Crippen LogP contribution in [0.15, 0.2) is 0 Å². The van der Waals surface area contributed by atoms with Gasteiger partial charge in [0.05, 0.1) is 0 Å². The van der Waals surface area contributed by atoms with Crippen LogP contribution in [-0.4, -0.2) is 47.7 Å². The van der Waals surface area contributed by atoms with Crippen molar-refractivity contribution < 1.29 is 9.90 Å². The number of carboxylic acids is 1. The summed E-state index contributed by atoms with van der Waals surface area (Å²) in [5.74, 6) is -0.703. The highest BCUT2D eigenvalue weighted by Crippen LogP contribution is 2.16. The summed E-state index contributed by atoms with van der Waals surface area (Å²) in [7, 11) is 0. The highest BCUT2D eigenvalue weighted by atomic mass is 16.4. The zero-order chi connectivity index (χ0) is 13.4. The molecule has 0 radical (unpaired) electrons. The number of nitrogens with one attached hydrogen (secondary N) is 1. The lowest BCUT2D eigenvalue weighted by Crippen LogP contribution is -2.39. The quantitative estimate of drug-likeness (QED) is 0.653. The van der Waals surface area contributed by atoms with Crippen molar-refractivity contribution >= 4 is 5.97 Å². The summed E-state index contributed by atoms with van der Waals surface area (Å²) >= 11 is 0. The molecule has 1 aliphatic rings. The van der Waals surface area contributed by atoms with Crippen molar-refractivity contribution in [3.05, 3.63) is 0 Å². The maximum Gasteiger partial charge on any atom is 0.303 e. The zero-order valence-corrected chi connectivity index (χ0v) is 11.8. The van der Waals surface area contributed by atoms with E-state index in [9.17, 15) is 4.79 Å². The van der Waals surface area contributed by atoms with E-state index in [-0.39, 0.29) is 6.42 Å². The molecule has 4 nitrogen and oxygen atoms in total. The number of piperidine rings is 1. The van der Waals surface area contributed by atoms with E-state index >= 15 is 0 Å². The maximum atomic E-state index is 10.4. The molecule has 0 saturated carbocycles. The van der Waals surface area contributed by atoms with E-state index in [4.69, 9.17) is 5.11 Å². The number of aliphatic carboxylic acids is 1. The summed E-state index contributed by atoms with van der Waals surface area (Å²) in [6.07, 6.45) is 6.19. The predicted octanol–water partition coefficient (Wildman–Crippen LogP) is 2.09. The van der Waals surface area contributed by atoms with Crippen LogP contribution >= 0.6 is 0 Å². The highest BCUT2D eigenvalue weighted by molar-refractivity contribution is 5.66. The van der Waals surface area contributed by atoms with Crippen molar-refractivity contribution in [1.29, 1.82) is 0 Å². The molecule has 0 spiro atoms. The first-order valence-corrected chi connectivity index (χ1v) is 7.29. The first-order chi connectivity index (χ1) is 8.59. The summed E-state index contributed by atoms with van der Waals surface area (Å²) < 4.78 is 0. The normalized spacial score (nSPS) is 22.9. The highest BCUT2D eigenvalue weighted by Gasteiger charge is 2.17. The largest absolute Gasteiger partial charge is 0.481 e. The van der Waals surface area contributed by atoms with Gasteiger partial charge in [-0.25, -0.2) is 0 Å². The molecule has 2 unspecified atom stereocenters. The Hall–Kier alpha value is -0.610. The molecule has 1 rings (SSSR count). The van der Waals surface area contributed by atoms with E-state index in [2.05, 4.69) is 24.1 Å². The van der Waals surface area contributed by atoms with Gasteiger partial charge >= 0.3 is 5.97 Å². The second-order valence-corrected chi connectivity index (χ2v) is 5.52. The molecule has 1 heterocycles. The number of likely N-dealkylation sites (tertiary alicyclic amines) is 1. The molecule has 1 aliphatic heterocycles. The van der Waals surface area contributed by atoms with Gasteiger partial charge in [-0.15, -0.1) is 0 Å². The average molecular weight is 256 g/mol. The van der Waals surface area contributed by atoms with E-state index in [1.165, 1.54) is 32.4 Å². The van der Waals surface area contributed by atoms with Crippen molar-refractivity contribution in [2.24, 2.45) is 0 Å². The van der Waals surface area contributed by atoms with Crippen LogP contribution in [0.4, 0.5) is 0 Å². The number of carboxylic acid groups (broad SMARTS) is 1. The fourth-order valence-electron chi connectivity index (χ4n) is 2.56. The van der Waals surface area contributed by atoms with Gasteiger partial charge in [-0.05, 0) is 59.2 Å². The Morgan fingerprint density at radius 2 is 2.28 bits per heavy atom. The Labute approximate surface area is 111 Å². The van der Waals surface area contributed by atoms with Gasteiger partial charge in [-0.2, -0.15) is 0 Å². The zero-order valence-electron chi connectivity index (χ0n) is 11.8. The van der Waals surface area contributed by atoms with E-state index in [0.717, 1.165) is 25.4 Å². The molecule has 2 atom stereocenters. The summed E-state index contributed by atoms with van der Waals surface area (Å²) in [4.78, 5) is 13.0. The standard InChI is InChI=1S/C14H28N2O2/c1-12(7-8-14(17)18)15-9-5-11-16-10-4-3-6-13(16)2/h12-13,15H,3-11H2,1-2H3,(H,17,18). The first-order valence-electron chi connectivity index (χ1n) is 7.29. The topological polar surface area (TPSA) is 52.6 Å². The van der Waals surface area contributed by atoms with Crippen LogP contribution in [0.1, 0.15) is 52.4 Å². The molecule has 106 valence electrons. The first kappa shape index (κ1) is 15.4. The Balaban J connectivity index is 2.01. The van der Waals surface area contributed by atoms with Crippen LogP contribution in [0.2, 0.25) is 0 Å². The van der Waals surface area contributed by atoms with Crippen LogP contribution in [-0.2, 0) is 4.79 Å². The number of carbonyl (C=O) groups is 1. The molecule has 18 heavy (non-hydrogen) atoms. The predicted molar refractivity (Wildman–Crippen MR) is 73.8 cm³/mol. The minimum absolute atomic E-state index is 0.261. The monoisotopic (exact) mass is 256 g/mol. The molecule has 0 amide bonds. The van der Waals surface area contributed by atoms with Crippen molar-refractivity contribution in [2.45, 2.75) is 64.5 Å². The van der Waals surface area contributed by atoms with Crippen molar-refractivity contribution in [3.8, 4) is 0 Å². The average Bonchev–Trinajstić information content (AvgIpc) is 2.34. The second kappa shape index (κ2) is 8.48. The molecular weight excluding hydrogens is 228 g/mol. The van der Waals surface area contributed by atoms with Gasteiger partial charge in [0.25, 0.3) is 0 Å². The van der Waals surface area contributed by atoms with Crippen LogP contribution in [0.25, 0.3) is 0 Å². The molecule has 0 bridgehead atoms.